The lowest BCUT2D eigenvalue weighted by Crippen LogP contribution is -2.54. The van der Waals surface area contributed by atoms with Crippen LogP contribution in [0.25, 0.3) is 10.8 Å². The van der Waals surface area contributed by atoms with Gasteiger partial charge in [0.1, 0.15) is 12.4 Å². The highest BCUT2D eigenvalue weighted by Gasteiger charge is 2.32. The van der Waals surface area contributed by atoms with Gasteiger partial charge in [-0.05, 0) is 57.3 Å². The Morgan fingerprint density at radius 1 is 1.10 bits per heavy atom. The fourth-order valence-electron chi connectivity index (χ4n) is 6.34. The predicted molar refractivity (Wildman–Crippen MR) is 155 cm³/mol. The molecule has 3 aromatic rings. The Kier molecular flexibility index (Phi) is 7.12. The number of hydrogen-bond acceptors (Lipinski definition) is 7. The van der Waals surface area contributed by atoms with Gasteiger partial charge in [0.25, 0.3) is 0 Å². The Bertz CT molecular complexity index is 1370. The van der Waals surface area contributed by atoms with Gasteiger partial charge in [-0.2, -0.15) is 9.97 Å². The van der Waals surface area contributed by atoms with Gasteiger partial charge in [0, 0.05) is 54.9 Å². The zero-order valence-corrected chi connectivity index (χ0v) is 23.1. The number of hydrogen-bond donors (Lipinski definition) is 0. The minimum Gasteiger partial charge on any atom is -0.462 e. The molecule has 204 valence electrons. The van der Waals surface area contributed by atoms with Crippen molar-refractivity contribution in [3.05, 3.63) is 66.4 Å². The summed E-state index contributed by atoms with van der Waals surface area (Å²) in [7, 11) is 2.16. The van der Waals surface area contributed by atoms with Gasteiger partial charge in [0.15, 0.2) is 0 Å². The Labute approximate surface area is 230 Å². The van der Waals surface area contributed by atoms with E-state index in [1.807, 2.05) is 4.90 Å². The van der Waals surface area contributed by atoms with Crippen LogP contribution in [-0.4, -0.2) is 84.1 Å². The fourth-order valence-corrected chi connectivity index (χ4v) is 6.34. The Balaban J connectivity index is 1.32. The van der Waals surface area contributed by atoms with Crippen molar-refractivity contribution in [2.75, 3.05) is 56.2 Å². The highest BCUT2D eigenvalue weighted by Crippen LogP contribution is 2.35. The third-order valence-corrected chi connectivity index (χ3v) is 8.59. The van der Waals surface area contributed by atoms with Crippen LogP contribution in [-0.2, 0) is 17.8 Å². The van der Waals surface area contributed by atoms with Crippen LogP contribution >= 0.6 is 0 Å². The molecule has 0 unspecified atom stereocenters. The van der Waals surface area contributed by atoms with Gasteiger partial charge < -0.3 is 24.3 Å². The molecule has 39 heavy (non-hydrogen) atoms. The molecule has 3 aliphatic heterocycles. The molecular formula is C31H38N6O2. The molecule has 0 bridgehead atoms. The van der Waals surface area contributed by atoms with Gasteiger partial charge in [0.05, 0.1) is 12.2 Å². The van der Waals surface area contributed by atoms with Crippen molar-refractivity contribution in [2.24, 2.45) is 0 Å². The second-order valence-electron chi connectivity index (χ2n) is 11.0. The van der Waals surface area contributed by atoms with Crippen molar-refractivity contribution in [3.8, 4) is 6.01 Å². The van der Waals surface area contributed by atoms with Crippen molar-refractivity contribution in [1.82, 2.24) is 19.8 Å². The summed E-state index contributed by atoms with van der Waals surface area (Å²) in [6, 6.07) is 16.1. The quantitative estimate of drug-likeness (QED) is 0.452. The number of ether oxygens (including phenoxy) is 1. The number of piperazine rings is 1. The largest absolute Gasteiger partial charge is 0.462 e. The summed E-state index contributed by atoms with van der Waals surface area (Å²) < 4.78 is 6.29. The van der Waals surface area contributed by atoms with Crippen LogP contribution in [0.15, 0.2) is 55.1 Å². The first-order chi connectivity index (χ1) is 19.0. The van der Waals surface area contributed by atoms with Gasteiger partial charge in [-0.25, -0.2) is 0 Å². The van der Waals surface area contributed by atoms with Crippen LogP contribution < -0.4 is 14.5 Å². The molecule has 2 atom stereocenters. The monoisotopic (exact) mass is 526 g/mol. The molecule has 6 rings (SSSR count). The van der Waals surface area contributed by atoms with Crippen LogP contribution in [0, 0.1) is 0 Å². The number of carbonyl (C=O) groups is 1. The first-order valence-electron chi connectivity index (χ1n) is 14.2. The normalized spacial score (nSPS) is 21.7. The number of anilines is 2. The molecule has 1 aromatic heterocycles. The van der Waals surface area contributed by atoms with Gasteiger partial charge >= 0.3 is 6.01 Å². The minimum absolute atomic E-state index is 0.0124. The number of fused-ring (bicyclic) bond motifs is 2. The molecule has 0 radical (unpaired) electrons. The number of likely N-dealkylation sites (N-methyl/N-ethyl adjacent to an activating group) is 1. The second-order valence-corrected chi connectivity index (χ2v) is 11.0. The van der Waals surface area contributed by atoms with Crippen LogP contribution in [0.5, 0.6) is 6.01 Å². The number of likely N-dealkylation sites (tertiary alicyclic amines) is 1. The van der Waals surface area contributed by atoms with Crippen molar-refractivity contribution in [3.63, 3.8) is 0 Å². The molecule has 0 saturated carbocycles. The highest BCUT2D eigenvalue weighted by atomic mass is 16.5. The molecule has 0 aliphatic carbocycles. The standard InChI is InChI=1S/C31H38N6O2/c1-4-29(38)36-17-18-37(22(2)19-36)30-26-14-16-35(28-13-7-10-23-9-5-6-12-25(23)28)20-27(26)32-31(33-30)39-21-24-11-8-15-34(24)3/h4-7,9-10,12-13,22,24H,1,8,11,14-21H2,2-3H3/t22-,24+/m1/s1. The van der Waals surface area contributed by atoms with E-state index in [0.29, 0.717) is 38.3 Å². The molecule has 0 spiro atoms. The van der Waals surface area contributed by atoms with Crippen molar-refractivity contribution in [2.45, 2.75) is 44.8 Å². The zero-order chi connectivity index (χ0) is 26.9. The zero-order valence-electron chi connectivity index (χ0n) is 23.1. The lowest BCUT2D eigenvalue weighted by Gasteiger charge is -2.42. The highest BCUT2D eigenvalue weighted by molar-refractivity contribution is 5.94. The molecular weight excluding hydrogens is 488 g/mol. The summed E-state index contributed by atoms with van der Waals surface area (Å²) >= 11 is 0. The van der Waals surface area contributed by atoms with E-state index in [9.17, 15) is 4.79 Å². The van der Waals surface area contributed by atoms with Crippen LogP contribution in [0.3, 0.4) is 0 Å². The summed E-state index contributed by atoms with van der Waals surface area (Å²) in [5.41, 5.74) is 3.47. The molecule has 1 amide bonds. The average Bonchev–Trinajstić information content (AvgIpc) is 3.39. The number of aromatic nitrogens is 2. The molecule has 8 heteroatoms. The molecule has 8 nitrogen and oxygen atoms in total. The summed E-state index contributed by atoms with van der Waals surface area (Å²) in [6.45, 7) is 11.2. The number of carbonyl (C=O) groups excluding carboxylic acids is 1. The van der Waals surface area contributed by atoms with Gasteiger partial charge in [-0.1, -0.05) is 43.0 Å². The van der Waals surface area contributed by atoms with E-state index < -0.39 is 0 Å². The molecule has 2 aromatic carbocycles. The lowest BCUT2D eigenvalue weighted by atomic mass is 10.0. The SMILES string of the molecule is C=CC(=O)N1CCN(c2nc(OC[C@@H]3CCCN3C)nc3c2CCN(c2cccc4ccccc24)C3)[C@H](C)C1. The minimum atomic E-state index is -0.0124. The lowest BCUT2D eigenvalue weighted by molar-refractivity contribution is -0.126. The predicted octanol–water partition coefficient (Wildman–Crippen LogP) is 3.89. The molecule has 2 saturated heterocycles. The number of nitrogens with zero attached hydrogens (tertiary/aromatic N) is 6. The van der Waals surface area contributed by atoms with E-state index in [4.69, 9.17) is 14.7 Å². The van der Waals surface area contributed by atoms with E-state index in [1.165, 1.54) is 34.5 Å². The topological polar surface area (TPSA) is 65.0 Å². The van der Waals surface area contributed by atoms with E-state index >= 15 is 0 Å². The Morgan fingerprint density at radius 2 is 1.95 bits per heavy atom. The molecule has 0 N–H and O–H groups in total. The van der Waals surface area contributed by atoms with E-state index in [-0.39, 0.29) is 11.9 Å². The Morgan fingerprint density at radius 3 is 2.74 bits per heavy atom. The van der Waals surface area contributed by atoms with Crippen LogP contribution in [0.2, 0.25) is 0 Å². The third kappa shape index (κ3) is 5.05. The summed E-state index contributed by atoms with van der Waals surface area (Å²) in [4.78, 5) is 31.3. The van der Waals surface area contributed by atoms with Gasteiger partial charge in [-0.15, -0.1) is 0 Å². The Hall–Kier alpha value is -3.65. The summed E-state index contributed by atoms with van der Waals surface area (Å²) in [5, 5.41) is 2.50. The first-order valence-corrected chi connectivity index (χ1v) is 14.2. The average molecular weight is 527 g/mol. The maximum atomic E-state index is 12.3. The van der Waals surface area contributed by atoms with E-state index in [1.54, 1.807) is 0 Å². The fraction of sp³-hybridized carbons (Fsp3) is 0.452. The summed E-state index contributed by atoms with van der Waals surface area (Å²) in [6.07, 6.45) is 4.60. The van der Waals surface area contributed by atoms with E-state index in [2.05, 4.69) is 77.7 Å². The molecule has 2 fully saturated rings. The van der Waals surface area contributed by atoms with E-state index in [0.717, 1.165) is 44.0 Å². The number of benzene rings is 2. The van der Waals surface area contributed by atoms with Gasteiger partial charge in [-0.3, -0.25) is 4.79 Å². The van der Waals surface area contributed by atoms with Gasteiger partial charge in [0.2, 0.25) is 5.91 Å². The van der Waals surface area contributed by atoms with Crippen LogP contribution in [0.1, 0.15) is 31.0 Å². The maximum Gasteiger partial charge on any atom is 0.318 e. The number of amides is 1. The first kappa shape index (κ1) is 25.6. The van der Waals surface area contributed by atoms with Crippen molar-refractivity contribution >= 4 is 28.2 Å². The molecule has 3 aliphatic rings. The maximum absolute atomic E-state index is 12.3. The van der Waals surface area contributed by atoms with Crippen molar-refractivity contribution < 1.29 is 9.53 Å². The third-order valence-electron chi connectivity index (χ3n) is 8.59. The second kappa shape index (κ2) is 10.8. The summed E-state index contributed by atoms with van der Waals surface area (Å²) in [5.74, 6) is 0.951. The molecule has 4 heterocycles. The van der Waals surface area contributed by atoms with Crippen LogP contribution in [0.4, 0.5) is 11.5 Å². The van der Waals surface area contributed by atoms with Crippen molar-refractivity contribution in [1.29, 1.82) is 0 Å². The smallest absolute Gasteiger partial charge is 0.318 e. The number of rotatable bonds is 6.